The molecule has 2 amide bonds. The zero-order chi connectivity index (χ0) is 30.3. The molecule has 1 aliphatic rings. The maximum absolute atomic E-state index is 14.1. The summed E-state index contributed by atoms with van der Waals surface area (Å²) in [5.41, 5.74) is 2.05. The first-order valence-electron chi connectivity index (χ1n) is 14.2. The number of halogens is 1. The lowest BCUT2D eigenvalue weighted by atomic mass is 9.95. The summed E-state index contributed by atoms with van der Waals surface area (Å²) in [5, 5.41) is 3.12. The SMILES string of the molecule is COc1ccc(N(CC(=O)N(Cc2ccc(Br)cc2)[C@@H](C)C(=O)NC2CCCCC2)S(=O)(=O)c2ccc(C)cc2)cc1. The minimum absolute atomic E-state index is 0.0688. The number of sulfonamides is 1. The van der Waals surface area contributed by atoms with E-state index in [1.54, 1.807) is 43.3 Å². The summed E-state index contributed by atoms with van der Waals surface area (Å²) in [6.45, 7) is 3.23. The van der Waals surface area contributed by atoms with Gasteiger partial charge in [0.25, 0.3) is 10.0 Å². The molecular weight excluding hydrogens is 618 g/mol. The fraction of sp³-hybridized carbons (Fsp3) is 0.375. The van der Waals surface area contributed by atoms with Crippen LogP contribution in [0.3, 0.4) is 0 Å². The van der Waals surface area contributed by atoms with Crippen LogP contribution in [0.1, 0.15) is 50.2 Å². The number of hydrogen-bond donors (Lipinski definition) is 1. The molecule has 0 heterocycles. The molecule has 3 aromatic carbocycles. The summed E-state index contributed by atoms with van der Waals surface area (Å²) in [5.74, 6) is -0.178. The van der Waals surface area contributed by atoms with E-state index in [0.717, 1.165) is 52.0 Å². The minimum Gasteiger partial charge on any atom is -0.497 e. The van der Waals surface area contributed by atoms with E-state index in [1.807, 2.05) is 31.2 Å². The van der Waals surface area contributed by atoms with Crippen molar-refractivity contribution in [2.75, 3.05) is 18.0 Å². The smallest absolute Gasteiger partial charge is 0.264 e. The molecule has 0 unspecified atom stereocenters. The predicted molar refractivity (Wildman–Crippen MR) is 168 cm³/mol. The molecule has 0 radical (unpaired) electrons. The lowest BCUT2D eigenvalue weighted by molar-refractivity contribution is -0.139. The van der Waals surface area contributed by atoms with Gasteiger partial charge < -0.3 is 15.0 Å². The number of methoxy groups -OCH3 is 1. The van der Waals surface area contributed by atoms with Crippen molar-refractivity contribution < 1.29 is 22.7 Å². The van der Waals surface area contributed by atoms with E-state index in [2.05, 4.69) is 21.2 Å². The average Bonchev–Trinajstić information content (AvgIpc) is 3.00. The van der Waals surface area contributed by atoms with Gasteiger partial charge in [0.1, 0.15) is 18.3 Å². The van der Waals surface area contributed by atoms with E-state index in [9.17, 15) is 18.0 Å². The average molecular weight is 657 g/mol. The highest BCUT2D eigenvalue weighted by atomic mass is 79.9. The van der Waals surface area contributed by atoms with Crippen LogP contribution in [0.25, 0.3) is 0 Å². The zero-order valence-corrected chi connectivity index (χ0v) is 26.7. The second-order valence-corrected chi connectivity index (χ2v) is 13.5. The molecule has 3 aromatic rings. The Morgan fingerprint density at radius 1 is 0.952 bits per heavy atom. The second kappa shape index (κ2) is 14.2. The first kappa shape index (κ1) is 31.6. The van der Waals surface area contributed by atoms with Crippen molar-refractivity contribution in [3.8, 4) is 5.75 Å². The summed E-state index contributed by atoms with van der Waals surface area (Å²) >= 11 is 3.44. The normalized spacial score (nSPS) is 14.6. The number of anilines is 1. The standard InChI is InChI=1S/C32H38BrN3O5S/c1-23-9-19-30(20-10-23)42(39,40)36(28-15-17-29(41-3)18-16-28)22-31(37)35(21-25-11-13-26(33)14-12-25)24(2)32(38)34-27-7-5-4-6-8-27/h9-20,24,27H,4-8,21-22H2,1-3H3,(H,34,38)/t24-/m0/s1. The van der Waals surface area contributed by atoms with Crippen molar-refractivity contribution in [3.05, 3.63) is 88.4 Å². The second-order valence-electron chi connectivity index (χ2n) is 10.7. The van der Waals surface area contributed by atoms with Crippen LogP contribution in [-0.2, 0) is 26.2 Å². The van der Waals surface area contributed by atoms with Crippen LogP contribution in [0.2, 0.25) is 0 Å². The molecule has 1 saturated carbocycles. The lowest BCUT2D eigenvalue weighted by Crippen LogP contribution is -2.53. The number of carbonyl (C=O) groups is 2. The molecule has 1 atom stereocenters. The Kier molecular flexibility index (Phi) is 10.7. The van der Waals surface area contributed by atoms with Crippen molar-refractivity contribution in [1.82, 2.24) is 10.2 Å². The minimum atomic E-state index is -4.13. The van der Waals surface area contributed by atoms with Gasteiger partial charge in [0.15, 0.2) is 0 Å². The van der Waals surface area contributed by atoms with Crippen LogP contribution in [0.5, 0.6) is 5.75 Å². The van der Waals surface area contributed by atoms with Crippen molar-refractivity contribution in [3.63, 3.8) is 0 Å². The quantitative estimate of drug-likeness (QED) is 0.281. The topological polar surface area (TPSA) is 96.0 Å². The van der Waals surface area contributed by atoms with Gasteiger partial charge in [-0.2, -0.15) is 0 Å². The molecule has 1 fully saturated rings. The molecule has 0 saturated heterocycles. The maximum Gasteiger partial charge on any atom is 0.264 e. The summed E-state index contributed by atoms with van der Waals surface area (Å²) in [6.07, 6.45) is 5.12. The lowest BCUT2D eigenvalue weighted by Gasteiger charge is -2.33. The molecule has 42 heavy (non-hydrogen) atoms. The number of nitrogens with zero attached hydrogens (tertiary/aromatic N) is 2. The third kappa shape index (κ3) is 7.92. The Balaban J connectivity index is 1.67. The Labute approximate surface area is 257 Å². The predicted octanol–water partition coefficient (Wildman–Crippen LogP) is 5.83. The van der Waals surface area contributed by atoms with E-state index in [4.69, 9.17) is 4.74 Å². The van der Waals surface area contributed by atoms with E-state index in [-0.39, 0.29) is 23.4 Å². The van der Waals surface area contributed by atoms with Crippen LogP contribution in [0.15, 0.2) is 82.2 Å². The van der Waals surface area contributed by atoms with Gasteiger partial charge in [0.05, 0.1) is 17.7 Å². The van der Waals surface area contributed by atoms with E-state index in [1.165, 1.54) is 24.1 Å². The van der Waals surface area contributed by atoms with Crippen molar-refractivity contribution in [1.29, 1.82) is 0 Å². The highest BCUT2D eigenvalue weighted by Gasteiger charge is 2.33. The fourth-order valence-corrected chi connectivity index (χ4v) is 6.73. The van der Waals surface area contributed by atoms with E-state index in [0.29, 0.717) is 11.4 Å². The molecule has 1 N–H and O–H groups in total. The largest absolute Gasteiger partial charge is 0.497 e. The molecule has 0 aromatic heterocycles. The van der Waals surface area contributed by atoms with Crippen molar-refractivity contribution >= 4 is 43.5 Å². The summed E-state index contributed by atoms with van der Waals surface area (Å²) in [4.78, 5) is 29.0. The van der Waals surface area contributed by atoms with Crippen LogP contribution in [-0.4, -0.2) is 50.9 Å². The molecular formula is C32H38BrN3O5S. The molecule has 1 aliphatic carbocycles. The number of hydrogen-bond acceptors (Lipinski definition) is 5. The summed E-state index contributed by atoms with van der Waals surface area (Å²) in [6, 6.07) is 19.8. The zero-order valence-electron chi connectivity index (χ0n) is 24.3. The van der Waals surface area contributed by atoms with Crippen LogP contribution in [0, 0.1) is 6.92 Å². The van der Waals surface area contributed by atoms with E-state index >= 15 is 0 Å². The van der Waals surface area contributed by atoms with Gasteiger partial charge in [0, 0.05) is 17.1 Å². The third-order valence-electron chi connectivity index (χ3n) is 7.63. The van der Waals surface area contributed by atoms with Crippen LogP contribution in [0.4, 0.5) is 5.69 Å². The van der Waals surface area contributed by atoms with E-state index < -0.39 is 28.5 Å². The summed E-state index contributed by atoms with van der Waals surface area (Å²) in [7, 11) is -2.60. The van der Waals surface area contributed by atoms with Gasteiger partial charge in [-0.3, -0.25) is 13.9 Å². The fourth-order valence-electron chi connectivity index (χ4n) is 5.05. The highest BCUT2D eigenvalue weighted by molar-refractivity contribution is 9.10. The molecule has 8 nitrogen and oxygen atoms in total. The Bertz CT molecular complexity index is 1460. The van der Waals surface area contributed by atoms with Crippen LogP contribution >= 0.6 is 15.9 Å². The number of nitrogens with one attached hydrogen (secondary N) is 1. The molecule has 4 rings (SSSR count). The van der Waals surface area contributed by atoms with Crippen molar-refractivity contribution in [2.45, 2.75) is 69.5 Å². The van der Waals surface area contributed by atoms with Gasteiger partial charge in [-0.05, 0) is 80.8 Å². The number of aryl methyl sites for hydroxylation is 1. The van der Waals surface area contributed by atoms with Crippen molar-refractivity contribution in [2.24, 2.45) is 0 Å². The highest BCUT2D eigenvalue weighted by Crippen LogP contribution is 2.27. The molecule has 0 spiro atoms. The number of ether oxygens (including phenoxy) is 1. The van der Waals surface area contributed by atoms with Gasteiger partial charge in [0.2, 0.25) is 11.8 Å². The van der Waals surface area contributed by atoms with Gasteiger partial charge in [-0.15, -0.1) is 0 Å². The summed E-state index contributed by atoms with van der Waals surface area (Å²) < 4.78 is 35.2. The Morgan fingerprint density at radius 2 is 1.57 bits per heavy atom. The van der Waals surface area contributed by atoms with Gasteiger partial charge in [-0.1, -0.05) is 65.0 Å². The Morgan fingerprint density at radius 3 is 2.17 bits per heavy atom. The first-order valence-corrected chi connectivity index (χ1v) is 16.4. The van der Waals surface area contributed by atoms with Crippen LogP contribution < -0.4 is 14.4 Å². The number of rotatable bonds is 11. The third-order valence-corrected chi connectivity index (χ3v) is 9.95. The molecule has 0 aliphatic heterocycles. The number of amides is 2. The molecule has 224 valence electrons. The van der Waals surface area contributed by atoms with Gasteiger partial charge >= 0.3 is 0 Å². The molecule has 10 heteroatoms. The maximum atomic E-state index is 14.1. The number of benzene rings is 3. The monoisotopic (exact) mass is 655 g/mol. The molecule has 0 bridgehead atoms. The number of carbonyl (C=O) groups excluding carboxylic acids is 2. The Hall–Kier alpha value is -3.37. The van der Waals surface area contributed by atoms with Gasteiger partial charge in [-0.25, -0.2) is 8.42 Å². The first-order chi connectivity index (χ1) is 20.1.